The number of carbonyl (C=O) groups excluding carboxylic acids is 1. The second-order valence-electron chi connectivity index (χ2n) is 3.70. The summed E-state index contributed by atoms with van der Waals surface area (Å²) in [5.41, 5.74) is 0.377. The second kappa shape index (κ2) is 5.59. The van der Waals surface area contributed by atoms with Crippen LogP contribution in [0.3, 0.4) is 0 Å². The molecule has 82 valence electrons. The molecule has 0 aliphatic carbocycles. The summed E-state index contributed by atoms with van der Waals surface area (Å²) in [6, 6.07) is 1.25. The maximum Gasteiger partial charge on any atom is 0.164 e. The van der Waals surface area contributed by atoms with Crippen molar-refractivity contribution in [2.24, 2.45) is 5.92 Å². The van der Waals surface area contributed by atoms with Gasteiger partial charge >= 0.3 is 0 Å². The van der Waals surface area contributed by atoms with Crippen LogP contribution in [0, 0.1) is 11.7 Å². The van der Waals surface area contributed by atoms with E-state index >= 15 is 0 Å². The van der Waals surface area contributed by atoms with Gasteiger partial charge in [0.15, 0.2) is 5.78 Å². The number of nitrogens with zero attached hydrogens (tertiary/aromatic N) is 1. The molecule has 0 radical (unpaired) electrons. The molecule has 1 rings (SSSR count). The maximum absolute atomic E-state index is 12.8. The zero-order chi connectivity index (χ0) is 11.3. The van der Waals surface area contributed by atoms with Gasteiger partial charge in [-0.05, 0) is 12.0 Å². The van der Waals surface area contributed by atoms with Crippen molar-refractivity contribution in [1.29, 1.82) is 0 Å². The van der Waals surface area contributed by atoms with Crippen molar-refractivity contribution < 1.29 is 9.18 Å². The Hall–Kier alpha value is -1.25. The Morgan fingerprint density at radius 2 is 2.07 bits per heavy atom. The van der Waals surface area contributed by atoms with Crippen LogP contribution in [-0.2, 0) is 0 Å². The van der Waals surface area contributed by atoms with Crippen LogP contribution in [0.5, 0.6) is 0 Å². The lowest BCUT2D eigenvalue weighted by molar-refractivity contribution is 0.0958. The first-order valence-corrected chi connectivity index (χ1v) is 5.31. The fraction of sp³-hybridized carbons (Fsp3) is 0.500. The summed E-state index contributed by atoms with van der Waals surface area (Å²) >= 11 is 0. The van der Waals surface area contributed by atoms with Gasteiger partial charge in [-0.2, -0.15) is 0 Å². The van der Waals surface area contributed by atoms with Crippen molar-refractivity contribution in [3.05, 3.63) is 29.8 Å². The summed E-state index contributed by atoms with van der Waals surface area (Å²) < 4.78 is 12.8. The molecule has 0 spiro atoms. The molecule has 0 saturated heterocycles. The van der Waals surface area contributed by atoms with Crippen LogP contribution in [-0.4, -0.2) is 10.8 Å². The zero-order valence-corrected chi connectivity index (χ0v) is 9.16. The smallest absolute Gasteiger partial charge is 0.164 e. The number of halogens is 1. The van der Waals surface area contributed by atoms with Gasteiger partial charge in [0.05, 0.1) is 6.20 Å². The monoisotopic (exact) mass is 209 g/mol. The Labute approximate surface area is 89.5 Å². The molecule has 0 aromatic carbocycles. The summed E-state index contributed by atoms with van der Waals surface area (Å²) in [5, 5.41) is 0. The molecule has 0 unspecified atom stereocenters. The van der Waals surface area contributed by atoms with Crippen LogP contribution in [0.2, 0.25) is 0 Å². The first-order chi connectivity index (χ1) is 7.17. The van der Waals surface area contributed by atoms with Gasteiger partial charge in [0, 0.05) is 18.2 Å². The van der Waals surface area contributed by atoms with Gasteiger partial charge in [0.25, 0.3) is 0 Å². The fourth-order valence-electron chi connectivity index (χ4n) is 1.52. The fourth-order valence-corrected chi connectivity index (χ4v) is 1.52. The number of pyridine rings is 1. The van der Waals surface area contributed by atoms with E-state index in [0.29, 0.717) is 17.9 Å². The van der Waals surface area contributed by atoms with E-state index < -0.39 is 5.82 Å². The predicted molar refractivity (Wildman–Crippen MR) is 57.2 cm³/mol. The SMILES string of the molecule is CCC(CC)CC(=O)c1cncc(F)c1. The van der Waals surface area contributed by atoms with Crippen LogP contribution in [0.4, 0.5) is 4.39 Å². The third-order valence-corrected chi connectivity index (χ3v) is 2.66. The summed E-state index contributed by atoms with van der Waals surface area (Å²) in [6.07, 6.45) is 4.97. The topological polar surface area (TPSA) is 30.0 Å². The summed E-state index contributed by atoms with van der Waals surface area (Å²) in [5.74, 6) is -0.0816. The number of carbonyl (C=O) groups is 1. The van der Waals surface area contributed by atoms with Gasteiger partial charge in [-0.25, -0.2) is 4.39 Å². The van der Waals surface area contributed by atoms with Gasteiger partial charge < -0.3 is 0 Å². The molecule has 0 bridgehead atoms. The van der Waals surface area contributed by atoms with Crippen LogP contribution in [0.25, 0.3) is 0 Å². The molecule has 15 heavy (non-hydrogen) atoms. The highest BCUT2D eigenvalue weighted by atomic mass is 19.1. The Balaban J connectivity index is 2.68. The summed E-state index contributed by atoms with van der Waals surface area (Å²) in [6.45, 7) is 4.12. The van der Waals surface area contributed by atoms with Gasteiger partial charge in [0.1, 0.15) is 5.82 Å². The molecular formula is C12H16FNO. The molecule has 0 aliphatic rings. The van der Waals surface area contributed by atoms with Crippen LogP contribution < -0.4 is 0 Å². The van der Waals surface area contributed by atoms with Gasteiger partial charge in [-0.15, -0.1) is 0 Å². The number of rotatable bonds is 5. The lowest BCUT2D eigenvalue weighted by atomic mass is 9.94. The summed E-state index contributed by atoms with van der Waals surface area (Å²) in [7, 11) is 0. The van der Waals surface area contributed by atoms with Crippen molar-refractivity contribution in [1.82, 2.24) is 4.98 Å². The van der Waals surface area contributed by atoms with Crippen LogP contribution in [0.1, 0.15) is 43.5 Å². The van der Waals surface area contributed by atoms with Crippen molar-refractivity contribution in [2.75, 3.05) is 0 Å². The number of ketones is 1. The molecule has 0 fully saturated rings. The first kappa shape index (κ1) is 11.8. The third-order valence-electron chi connectivity index (χ3n) is 2.66. The minimum atomic E-state index is -0.453. The molecule has 0 saturated carbocycles. The quantitative estimate of drug-likeness (QED) is 0.697. The van der Waals surface area contributed by atoms with Gasteiger partial charge in [0.2, 0.25) is 0 Å². The first-order valence-electron chi connectivity index (χ1n) is 5.31. The molecule has 3 heteroatoms. The maximum atomic E-state index is 12.8. The Morgan fingerprint density at radius 3 is 2.60 bits per heavy atom. The largest absolute Gasteiger partial charge is 0.294 e. The molecule has 1 aromatic heterocycles. The van der Waals surface area contributed by atoms with E-state index in [4.69, 9.17) is 0 Å². The van der Waals surface area contributed by atoms with E-state index in [9.17, 15) is 9.18 Å². The second-order valence-corrected chi connectivity index (χ2v) is 3.70. The van der Waals surface area contributed by atoms with Crippen molar-refractivity contribution in [3.8, 4) is 0 Å². The lowest BCUT2D eigenvalue weighted by Crippen LogP contribution is -2.08. The van der Waals surface area contributed by atoms with E-state index in [-0.39, 0.29) is 5.78 Å². The summed E-state index contributed by atoms with van der Waals surface area (Å²) in [4.78, 5) is 15.4. The third kappa shape index (κ3) is 3.42. The number of hydrogen-bond donors (Lipinski definition) is 0. The highest BCUT2D eigenvalue weighted by Gasteiger charge is 2.12. The molecule has 2 nitrogen and oxygen atoms in total. The lowest BCUT2D eigenvalue weighted by Gasteiger charge is -2.10. The predicted octanol–water partition coefficient (Wildman–Crippen LogP) is 3.23. The molecule has 0 aliphatic heterocycles. The molecule has 0 amide bonds. The van der Waals surface area contributed by atoms with Crippen molar-refractivity contribution >= 4 is 5.78 Å². The average molecular weight is 209 g/mol. The minimum absolute atomic E-state index is 0.0179. The molecule has 0 N–H and O–H groups in total. The van der Waals surface area contributed by atoms with E-state index in [2.05, 4.69) is 18.8 Å². The zero-order valence-electron chi connectivity index (χ0n) is 9.16. The highest BCUT2D eigenvalue weighted by Crippen LogP contribution is 2.16. The van der Waals surface area contributed by atoms with Gasteiger partial charge in [-0.3, -0.25) is 9.78 Å². The Bertz CT molecular complexity index is 334. The molecule has 0 atom stereocenters. The molecule has 1 heterocycles. The van der Waals surface area contributed by atoms with Crippen LogP contribution >= 0.6 is 0 Å². The van der Waals surface area contributed by atoms with Crippen molar-refractivity contribution in [3.63, 3.8) is 0 Å². The standard InChI is InChI=1S/C12H16FNO/c1-3-9(4-2)5-12(15)10-6-11(13)8-14-7-10/h6-9H,3-5H2,1-2H3. The van der Waals surface area contributed by atoms with E-state index in [1.807, 2.05) is 0 Å². The van der Waals surface area contributed by atoms with Crippen molar-refractivity contribution in [2.45, 2.75) is 33.1 Å². The van der Waals surface area contributed by atoms with Gasteiger partial charge in [-0.1, -0.05) is 26.7 Å². The average Bonchev–Trinajstić information content (AvgIpc) is 2.25. The number of Topliss-reactive ketones (excluding diaryl/α,β-unsaturated/α-hetero) is 1. The highest BCUT2D eigenvalue weighted by molar-refractivity contribution is 5.95. The van der Waals surface area contributed by atoms with E-state index in [1.54, 1.807) is 0 Å². The van der Waals surface area contributed by atoms with E-state index in [0.717, 1.165) is 19.0 Å². The minimum Gasteiger partial charge on any atom is -0.294 e. The number of hydrogen-bond acceptors (Lipinski definition) is 2. The molecule has 1 aromatic rings. The molecular weight excluding hydrogens is 193 g/mol. The Kier molecular flexibility index (Phi) is 4.40. The van der Waals surface area contributed by atoms with Crippen LogP contribution in [0.15, 0.2) is 18.5 Å². The Morgan fingerprint density at radius 1 is 1.40 bits per heavy atom. The number of aromatic nitrogens is 1. The van der Waals surface area contributed by atoms with E-state index in [1.165, 1.54) is 12.3 Å². The normalized spacial score (nSPS) is 10.7.